The lowest BCUT2D eigenvalue weighted by Crippen LogP contribution is -1.97. The van der Waals surface area contributed by atoms with Crippen LogP contribution in [0.2, 0.25) is 0 Å². The minimum absolute atomic E-state index is 0.437. The molecule has 0 amide bonds. The molecule has 0 N–H and O–H groups in total. The SMILES string of the molecule is COc1ccc(C=O)c(C)c1C=O. The van der Waals surface area contributed by atoms with Crippen molar-refractivity contribution in [3.05, 3.63) is 28.8 Å². The van der Waals surface area contributed by atoms with Gasteiger partial charge in [0.1, 0.15) is 12.0 Å². The molecule has 0 saturated carbocycles. The van der Waals surface area contributed by atoms with E-state index in [1.807, 2.05) is 0 Å². The van der Waals surface area contributed by atoms with Gasteiger partial charge < -0.3 is 4.74 Å². The minimum atomic E-state index is 0.437. The van der Waals surface area contributed by atoms with Gasteiger partial charge in [-0.3, -0.25) is 9.59 Å². The fourth-order valence-electron chi connectivity index (χ4n) is 1.17. The zero-order chi connectivity index (χ0) is 9.84. The third-order valence-electron chi connectivity index (χ3n) is 1.98. The predicted octanol–water partition coefficient (Wildman–Crippen LogP) is 1.63. The van der Waals surface area contributed by atoms with Crippen molar-refractivity contribution in [2.24, 2.45) is 0 Å². The van der Waals surface area contributed by atoms with Crippen molar-refractivity contribution < 1.29 is 14.3 Å². The van der Waals surface area contributed by atoms with Crippen molar-refractivity contribution >= 4 is 12.6 Å². The van der Waals surface area contributed by atoms with Gasteiger partial charge in [-0.1, -0.05) is 0 Å². The van der Waals surface area contributed by atoms with Crippen molar-refractivity contribution in [2.45, 2.75) is 6.92 Å². The smallest absolute Gasteiger partial charge is 0.154 e. The standard InChI is InChI=1S/C10H10O3/c1-7-8(5-11)3-4-10(13-2)9(7)6-12/h3-6H,1-2H3. The third kappa shape index (κ3) is 1.59. The largest absolute Gasteiger partial charge is 0.496 e. The van der Waals surface area contributed by atoms with Crippen LogP contribution in [0.4, 0.5) is 0 Å². The molecule has 68 valence electrons. The molecule has 0 aliphatic rings. The number of ether oxygens (including phenoxy) is 1. The number of methoxy groups -OCH3 is 1. The molecule has 0 heterocycles. The number of carbonyl (C=O) groups excluding carboxylic acids is 2. The first-order valence-corrected chi connectivity index (χ1v) is 3.82. The summed E-state index contributed by atoms with van der Waals surface area (Å²) in [7, 11) is 1.49. The van der Waals surface area contributed by atoms with E-state index in [1.165, 1.54) is 7.11 Å². The highest BCUT2D eigenvalue weighted by Gasteiger charge is 2.08. The molecule has 1 aromatic rings. The van der Waals surface area contributed by atoms with Crippen LogP contribution >= 0.6 is 0 Å². The van der Waals surface area contributed by atoms with Gasteiger partial charge in [0.2, 0.25) is 0 Å². The second kappa shape index (κ2) is 3.85. The van der Waals surface area contributed by atoms with E-state index in [0.717, 1.165) is 6.29 Å². The van der Waals surface area contributed by atoms with Crippen LogP contribution in [0.1, 0.15) is 26.3 Å². The van der Waals surface area contributed by atoms with Crippen LogP contribution in [0.5, 0.6) is 5.75 Å². The van der Waals surface area contributed by atoms with Crippen molar-refractivity contribution in [3.63, 3.8) is 0 Å². The lowest BCUT2D eigenvalue weighted by Gasteiger charge is -2.07. The Morgan fingerprint density at radius 1 is 1.23 bits per heavy atom. The zero-order valence-electron chi connectivity index (χ0n) is 7.53. The second-order valence-electron chi connectivity index (χ2n) is 2.63. The van der Waals surface area contributed by atoms with Crippen molar-refractivity contribution in [1.29, 1.82) is 0 Å². The van der Waals surface area contributed by atoms with Crippen LogP contribution in [0.3, 0.4) is 0 Å². The number of hydrogen-bond donors (Lipinski definition) is 0. The maximum Gasteiger partial charge on any atom is 0.154 e. The summed E-state index contributed by atoms with van der Waals surface area (Å²) in [6.45, 7) is 1.72. The van der Waals surface area contributed by atoms with E-state index in [-0.39, 0.29) is 0 Å². The summed E-state index contributed by atoms with van der Waals surface area (Å²) in [5, 5.41) is 0. The molecule has 0 aliphatic heterocycles. The molecular weight excluding hydrogens is 168 g/mol. The molecule has 0 aromatic heterocycles. The Morgan fingerprint density at radius 3 is 2.38 bits per heavy atom. The van der Waals surface area contributed by atoms with E-state index in [2.05, 4.69) is 0 Å². The molecule has 0 fully saturated rings. The van der Waals surface area contributed by atoms with Crippen LogP contribution < -0.4 is 4.74 Å². The highest BCUT2D eigenvalue weighted by atomic mass is 16.5. The van der Waals surface area contributed by atoms with E-state index >= 15 is 0 Å². The molecule has 3 nitrogen and oxygen atoms in total. The van der Waals surface area contributed by atoms with E-state index in [1.54, 1.807) is 19.1 Å². The van der Waals surface area contributed by atoms with Gasteiger partial charge in [-0.2, -0.15) is 0 Å². The first-order valence-electron chi connectivity index (χ1n) is 3.82. The van der Waals surface area contributed by atoms with Gasteiger partial charge in [0, 0.05) is 5.56 Å². The quantitative estimate of drug-likeness (QED) is 0.660. The first kappa shape index (κ1) is 9.45. The summed E-state index contributed by atoms with van der Waals surface area (Å²) in [5.41, 5.74) is 1.61. The highest BCUT2D eigenvalue weighted by Crippen LogP contribution is 2.22. The van der Waals surface area contributed by atoms with Crippen LogP contribution in [-0.4, -0.2) is 19.7 Å². The van der Waals surface area contributed by atoms with Gasteiger partial charge in [0.15, 0.2) is 6.29 Å². The topological polar surface area (TPSA) is 43.4 Å². The zero-order valence-corrected chi connectivity index (χ0v) is 7.53. The molecule has 0 saturated heterocycles. The van der Waals surface area contributed by atoms with Crippen LogP contribution in [0.25, 0.3) is 0 Å². The maximum absolute atomic E-state index is 10.7. The number of carbonyl (C=O) groups is 2. The van der Waals surface area contributed by atoms with Gasteiger partial charge in [-0.15, -0.1) is 0 Å². The molecular formula is C10H10O3. The van der Waals surface area contributed by atoms with E-state index in [4.69, 9.17) is 4.74 Å². The monoisotopic (exact) mass is 178 g/mol. The lowest BCUT2D eigenvalue weighted by atomic mass is 10.0. The second-order valence-corrected chi connectivity index (χ2v) is 2.63. The van der Waals surface area contributed by atoms with Gasteiger partial charge in [-0.25, -0.2) is 0 Å². The fourth-order valence-corrected chi connectivity index (χ4v) is 1.17. The minimum Gasteiger partial charge on any atom is -0.496 e. The van der Waals surface area contributed by atoms with Crippen LogP contribution in [0.15, 0.2) is 12.1 Å². The van der Waals surface area contributed by atoms with E-state index in [0.29, 0.717) is 28.7 Å². The Morgan fingerprint density at radius 2 is 1.92 bits per heavy atom. The third-order valence-corrected chi connectivity index (χ3v) is 1.98. The van der Waals surface area contributed by atoms with Crippen LogP contribution in [-0.2, 0) is 0 Å². The van der Waals surface area contributed by atoms with Crippen molar-refractivity contribution in [1.82, 2.24) is 0 Å². The predicted molar refractivity (Wildman–Crippen MR) is 48.5 cm³/mol. The van der Waals surface area contributed by atoms with Crippen molar-refractivity contribution in [2.75, 3.05) is 7.11 Å². The molecule has 13 heavy (non-hydrogen) atoms. The Bertz CT molecular complexity index is 342. The normalized spacial score (nSPS) is 9.38. The molecule has 0 aliphatic carbocycles. The number of benzene rings is 1. The molecule has 0 atom stereocenters. The molecule has 0 bridgehead atoms. The Hall–Kier alpha value is -1.64. The molecule has 1 rings (SSSR count). The summed E-state index contributed by atoms with van der Waals surface area (Å²) in [6, 6.07) is 3.24. The van der Waals surface area contributed by atoms with Gasteiger partial charge in [-0.05, 0) is 24.6 Å². The van der Waals surface area contributed by atoms with Gasteiger partial charge in [0.05, 0.1) is 12.7 Å². The summed E-state index contributed by atoms with van der Waals surface area (Å²) in [5.74, 6) is 0.498. The summed E-state index contributed by atoms with van der Waals surface area (Å²) >= 11 is 0. The molecule has 3 heteroatoms. The average molecular weight is 178 g/mol. The van der Waals surface area contributed by atoms with Gasteiger partial charge >= 0.3 is 0 Å². The Labute approximate surface area is 76.3 Å². The fraction of sp³-hybridized carbons (Fsp3) is 0.200. The Kier molecular flexibility index (Phi) is 2.80. The summed E-state index contributed by atoms with van der Waals surface area (Å²) in [6.07, 6.45) is 1.42. The molecule has 0 unspecified atom stereocenters. The summed E-state index contributed by atoms with van der Waals surface area (Å²) < 4.78 is 4.97. The highest BCUT2D eigenvalue weighted by molar-refractivity contribution is 5.88. The summed E-state index contributed by atoms with van der Waals surface area (Å²) in [4.78, 5) is 21.2. The number of hydrogen-bond acceptors (Lipinski definition) is 3. The number of aldehydes is 2. The molecule has 1 aromatic carbocycles. The first-order chi connectivity index (χ1) is 6.24. The van der Waals surface area contributed by atoms with E-state index in [9.17, 15) is 9.59 Å². The van der Waals surface area contributed by atoms with Crippen molar-refractivity contribution in [3.8, 4) is 5.75 Å². The van der Waals surface area contributed by atoms with E-state index < -0.39 is 0 Å². The van der Waals surface area contributed by atoms with Gasteiger partial charge in [0.25, 0.3) is 0 Å². The Balaban J connectivity index is 3.39. The molecule has 0 radical (unpaired) electrons. The lowest BCUT2D eigenvalue weighted by molar-refractivity contribution is 0.112. The average Bonchev–Trinajstić information content (AvgIpc) is 2.17. The maximum atomic E-state index is 10.7. The number of rotatable bonds is 3. The van der Waals surface area contributed by atoms with Crippen LogP contribution in [0, 0.1) is 6.92 Å². The molecule has 0 spiro atoms.